The third kappa shape index (κ3) is 3.23. The van der Waals surface area contributed by atoms with Gasteiger partial charge in [0.25, 0.3) is 0 Å². The van der Waals surface area contributed by atoms with Crippen molar-refractivity contribution in [3.8, 4) is 0 Å². The van der Waals surface area contributed by atoms with Crippen LogP contribution in [0.15, 0.2) is 22.7 Å². The summed E-state index contributed by atoms with van der Waals surface area (Å²) < 4.78 is 1.02. The summed E-state index contributed by atoms with van der Waals surface area (Å²) in [5.41, 5.74) is 2.09. The van der Waals surface area contributed by atoms with Crippen molar-refractivity contribution >= 4 is 27.6 Å². The molecule has 0 radical (unpaired) electrons. The van der Waals surface area contributed by atoms with Gasteiger partial charge in [-0.2, -0.15) is 0 Å². The molecule has 3 nitrogen and oxygen atoms in total. The summed E-state index contributed by atoms with van der Waals surface area (Å²) in [5.74, 6) is -1.20. The van der Waals surface area contributed by atoms with Crippen LogP contribution in [0, 0.1) is 12.8 Å². The van der Waals surface area contributed by atoms with Gasteiger partial charge in [0.05, 0.1) is 5.92 Å². The maximum Gasteiger partial charge on any atom is 0.308 e. The lowest BCUT2D eigenvalue weighted by molar-refractivity contribution is -0.141. The van der Waals surface area contributed by atoms with E-state index in [1.807, 2.05) is 32.0 Å². The molecule has 0 saturated heterocycles. The number of carbonyl (C=O) groups is 1. The number of nitrogens with one attached hydrogen (secondary N) is 1. The van der Waals surface area contributed by atoms with Gasteiger partial charge in [-0.3, -0.25) is 4.79 Å². The molecular formula is C12H16BrNO2. The first kappa shape index (κ1) is 13.0. The van der Waals surface area contributed by atoms with Crippen LogP contribution < -0.4 is 5.32 Å². The smallest absolute Gasteiger partial charge is 0.308 e. The second kappa shape index (κ2) is 5.34. The van der Waals surface area contributed by atoms with Crippen LogP contribution >= 0.6 is 15.9 Å². The highest BCUT2D eigenvalue weighted by Crippen LogP contribution is 2.22. The SMILES string of the molecule is Cc1ccc(NC(C)C(C)C(=O)O)cc1Br. The van der Waals surface area contributed by atoms with Gasteiger partial charge in [-0.1, -0.05) is 22.0 Å². The van der Waals surface area contributed by atoms with Crippen molar-refractivity contribution in [1.82, 2.24) is 0 Å². The summed E-state index contributed by atoms with van der Waals surface area (Å²) in [7, 11) is 0. The third-order valence-corrected chi connectivity index (χ3v) is 3.56. The zero-order chi connectivity index (χ0) is 12.3. The highest BCUT2D eigenvalue weighted by Gasteiger charge is 2.18. The van der Waals surface area contributed by atoms with Crippen LogP contribution in [0.1, 0.15) is 19.4 Å². The first-order chi connectivity index (χ1) is 7.41. The Morgan fingerprint density at radius 2 is 2.06 bits per heavy atom. The van der Waals surface area contributed by atoms with Gasteiger partial charge in [0.15, 0.2) is 0 Å². The summed E-state index contributed by atoms with van der Waals surface area (Å²) in [5, 5.41) is 12.1. The molecule has 4 heteroatoms. The van der Waals surface area contributed by atoms with Gasteiger partial charge in [-0.05, 0) is 38.5 Å². The summed E-state index contributed by atoms with van der Waals surface area (Å²) in [6, 6.07) is 5.79. The Balaban J connectivity index is 2.73. The summed E-state index contributed by atoms with van der Waals surface area (Å²) in [6.07, 6.45) is 0. The zero-order valence-corrected chi connectivity index (χ0v) is 11.2. The van der Waals surface area contributed by atoms with Crippen molar-refractivity contribution in [2.75, 3.05) is 5.32 Å². The molecule has 0 saturated carbocycles. The number of aliphatic carboxylic acids is 1. The number of halogens is 1. The molecule has 0 bridgehead atoms. The molecule has 0 heterocycles. The fourth-order valence-corrected chi connectivity index (χ4v) is 1.66. The normalized spacial score (nSPS) is 14.2. The van der Waals surface area contributed by atoms with Crippen molar-refractivity contribution in [3.05, 3.63) is 28.2 Å². The second-order valence-electron chi connectivity index (χ2n) is 4.02. The van der Waals surface area contributed by atoms with Gasteiger partial charge in [-0.25, -0.2) is 0 Å². The number of carboxylic acid groups (broad SMARTS) is 1. The molecule has 0 spiro atoms. The molecule has 1 rings (SSSR count). The largest absolute Gasteiger partial charge is 0.481 e. The Hall–Kier alpha value is -1.03. The third-order valence-electron chi connectivity index (χ3n) is 2.71. The molecule has 0 aromatic heterocycles. The van der Waals surface area contributed by atoms with E-state index in [1.165, 1.54) is 0 Å². The average Bonchev–Trinajstić information content (AvgIpc) is 2.22. The molecule has 1 aromatic carbocycles. The molecule has 0 aliphatic rings. The van der Waals surface area contributed by atoms with E-state index in [0.29, 0.717) is 0 Å². The molecule has 0 amide bonds. The first-order valence-corrected chi connectivity index (χ1v) is 5.96. The lowest BCUT2D eigenvalue weighted by Crippen LogP contribution is -2.29. The van der Waals surface area contributed by atoms with Crippen molar-refractivity contribution in [3.63, 3.8) is 0 Å². The number of benzene rings is 1. The van der Waals surface area contributed by atoms with Gasteiger partial charge < -0.3 is 10.4 Å². The zero-order valence-electron chi connectivity index (χ0n) is 9.62. The van der Waals surface area contributed by atoms with E-state index in [1.54, 1.807) is 6.92 Å². The van der Waals surface area contributed by atoms with Crippen molar-refractivity contribution in [1.29, 1.82) is 0 Å². The molecular weight excluding hydrogens is 270 g/mol. The van der Waals surface area contributed by atoms with Crippen LogP contribution in [0.4, 0.5) is 5.69 Å². The average molecular weight is 286 g/mol. The summed E-state index contributed by atoms with van der Waals surface area (Å²) >= 11 is 3.45. The molecule has 88 valence electrons. The monoisotopic (exact) mass is 285 g/mol. The van der Waals surface area contributed by atoms with Crippen molar-refractivity contribution in [2.45, 2.75) is 26.8 Å². The standard InChI is InChI=1S/C12H16BrNO2/c1-7-4-5-10(6-11(7)13)14-9(3)8(2)12(15)16/h4-6,8-9,14H,1-3H3,(H,15,16). The Kier molecular flexibility index (Phi) is 4.35. The second-order valence-corrected chi connectivity index (χ2v) is 4.88. The van der Waals surface area contributed by atoms with Gasteiger partial charge >= 0.3 is 5.97 Å². The molecule has 1 aromatic rings. The highest BCUT2D eigenvalue weighted by molar-refractivity contribution is 9.10. The minimum atomic E-state index is -0.786. The fraction of sp³-hybridized carbons (Fsp3) is 0.417. The number of rotatable bonds is 4. The Morgan fingerprint density at radius 1 is 1.44 bits per heavy atom. The highest BCUT2D eigenvalue weighted by atomic mass is 79.9. The number of aryl methyl sites for hydroxylation is 1. The van der Waals surface area contributed by atoms with Crippen LogP contribution in [0.3, 0.4) is 0 Å². The van der Waals surface area contributed by atoms with Gasteiger partial charge in [0.2, 0.25) is 0 Å². The van der Waals surface area contributed by atoms with Crippen LogP contribution in [0.2, 0.25) is 0 Å². The maximum absolute atomic E-state index is 10.8. The van der Waals surface area contributed by atoms with E-state index < -0.39 is 11.9 Å². The fourth-order valence-electron chi connectivity index (χ4n) is 1.28. The molecule has 16 heavy (non-hydrogen) atoms. The lowest BCUT2D eigenvalue weighted by atomic mass is 10.0. The number of hydrogen-bond donors (Lipinski definition) is 2. The quantitative estimate of drug-likeness (QED) is 0.893. The van der Waals surface area contributed by atoms with E-state index in [2.05, 4.69) is 21.2 Å². The van der Waals surface area contributed by atoms with Gasteiger partial charge in [-0.15, -0.1) is 0 Å². The molecule has 2 unspecified atom stereocenters. The Morgan fingerprint density at radius 3 is 2.56 bits per heavy atom. The maximum atomic E-state index is 10.8. The Bertz CT molecular complexity index is 393. The van der Waals surface area contributed by atoms with E-state index in [9.17, 15) is 4.79 Å². The topological polar surface area (TPSA) is 49.3 Å². The van der Waals surface area contributed by atoms with Crippen LogP contribution in [-0.2, 0) is 4.79 Å². The van der Waals surface area contributed by atoms with E-state index in [-0.39, 0.29) is 6.04 Å². The van der Waals surface area contributed by atoms with E-state index >= 15 is 0 Å². The molecule has 2 atom stereocenters. The first-order valence-electron chi connectivity index (χ1n) is 5.17. The van der Waals surface area contributed by atoms with Crippen LogP contribution in [0.25, 0.3) is 0 Å². The van der Waals surface area contributed by atoms with E-state index in [0.717, 1.165) is 15.7 Å². The van der Waals surface area contributed by atoms with Crippen LogP contribution in [-0.4, -0.2) is 17.1 Å². The minimum Gasteiger partial charge on any atom is -0.481 e. The molecule has 0 aliphatic carbocycles. The summed E-state index contributed by atoms with van der Waals surface area (Å²) in [4.78, 5) is 10.8. The predicted molar refractivity (Wildman–Crippen MR) is 68.8 cm³/mol. The molecule has 0 aliphatic heterocycles. The minimum absolute atomic E-state index is 0.105. The van der Waals surface area contributed by atoms with Crippen molar-refractivity contribution in [2.24, 2.45) is 5.92 Å². The molecule has 0 fully saturated rings. The van der Waals surface area contributed by atoms with Crippen LogP contribution in [0.5, 0.6) is 0 Å². The Labute approximate surface area is 104 Å². The predicted octanol–water partition coefficient (Wildman–Crippen LogP) is 3.28. The number of anilines is 1. The van der Waals surface area contributed by atoms with E-state index in [4.69, 9.17) is 5.11 Å². The van der Waals surface area contributed by atoms with Gasteiger partial charge in [0, 0.05) is 16.2 Å². The molecule has 2 N–H and O–H groups in total. The van der Waals surface area contributed by atoms with Gasteiger partial charge in [0.1, 0.15) is 0 Å². The van der Waals surface area contributed by atoms with Crippen molar-refractivity contribution < 1.29 is 9.90 Å². The number of hydrogen-bond acceptors (Lipinski definition) is 2. The lowest BCUT2D eigenvalue weighted by Gasteiger charge is -2.19. The summed E-state index contributed by atoms with van der Waals surface area (Å²) in [6.45, 7) is 5.58. The number of carboxylic acids is 1.